The Kier molecular flexibility index (Phi) is 6.31. The van der Waals surface area contributed by atoms with Crippen LogP contribution in [0.4, 0.5) is 0 Å². The van der Waals surface area contributed by atoms with Gasteiger partial charge in [0, 0.05) is 5.56 Å². The average Bonchev–Trinajstić information content (AvgIpc) is 2.77. The van der Waals surface area contributed by atoms with Gasteiger partial charge in [0.05, 0.1) is 14.5 Å². The third-order valence-corrected chi connectivity index (χ3v) is 5.68. The van der Waals surface area contributed by atoms with Crippen molar-refractivity contribution >= 4 is 37.6 Å². The van der Waals surface area contributed by atoms with E-state index < -0.39 is 0 Å². The molecule has 0 saturated carbocycles. The molecule has 0 amide bonds. The summed E-state index contributed by atoms with van der Waals surface area (Å²) in [7, 11) is 0. The van der Waals surface area contributed by atoms with Crippen LogP contribution >= 0.6 is 31.9 Å². The summed E-state index contributed by atoms with van der Waals surface area (Å²) >= 11 is 6.94. The van der Waals surface area contributed by atoms with Gasteiger partial charge in [-0.15, -0.1) is 0 Å². The van der Waals surface area contributed by atoms with Crippen LogP contribution in [0.1, 0.15) is 15.9 Å². The highest BCUT2D eigenvalue weighted by Gasteiger charge is 2.16. The van der Waals surface area contributed by atoms with Crippen molar-refractivity contribution in [1.82, 2.24) is 0 Å². The number of benzene rings is 4. The van der Waals surface area contributed by atoms with E-state index in [2.05, 4.69) is 31.9 Å². The van der Waals surface area contributed by atoms with E-state index in [0.29, 0.717) is 34.1 Å². The molecule has 0 fully saturated rings. The Hall–Kier alpha value is -2.89. The first kappa shape index (κ1) is 20.4. The zero-order chi connectivity index (χ0) is 20.9. The van der Waals surface area contributed by atoms with E-state index in [-0.39, 0.29) is 5.78 Å². The molecular formula is C25H16Br2O3. The Balaban J connectivity index is 1.56. The van der Waals surface area contributed by atoms with Crippen molar-refractivity contribution in [3.63, 3.8) is 0 Å². The fourth-order valence-corrected chi connectivity index (χ4v) is 3.60. The number of rotatable bonds is 6. The molecule has 0 N–H and O–H groups in total. The first-order chi connectivity index (χ1) is 14.6. The average molecular weight is 524 g/mol. The number of ether oxygens (including phenoxy) is 2. The van der Waals surface area contributed by atoms with E-state index >= 15 is 0 Å². The van der Waals surface area contributed by atoms with Gasteiger partial charge < -0.3 is 9.47 Å². The minimum absolute atomic E-state index is 0.120. The van der Waals surface area contributed by atoms with E-state index in [9.17, 15) is 4.79 Å². The van der Waals surface area contributed by atoms with E-state index in [1.54, 1.807) is 36.4 Å². The van der Waals surface area contributed by atoms with Crippen LogP contribution < -0.4 is 9.47 Å². The number of carbonyl (C=O) groups excluding carboxylic acids is 1. The van der Waals surface area contributed by atoms with E-state index in [4.69, 9.17) is 9.47 Å². The smallest absolute Gasteiger partial charge is 0.196 e. The maximum absolute atomic E-state index is 13.1. The van der Waals surface area contributed by atoms with Gasteiger partial charge in [-0.3, -0.25) is 4.79 Å². The van der Waals surface area contributed by atoms with Crippen LogP contribution in [0.3, 0.4) is 0 Å². The molecule has 0 radical (unpaired) electrons. The molecule has 0 spiro atoms. The maximum Gasteiger partial charge on any atom is 0.196 e. The minimum atomic E-state index is -0.120. The molecule has 0 aromatic heterocycles. The Bertz CT molecular complexity index is 1190. The number of para-hydroxylation sites is 3. The third kappa shape index (κ3) is 4.64. The lowest BCUT2D eigenvalue weighted by Gasteiger charge is -2.12. The number of halogens is 2. The predicted molar refractivity (Wildman–Crippen MR) is 125 cm³/mol. The first-order valence-electron chi connectivity index (χ1n) is 9.20. The topological polar surface area (TPSA) is 35.5 Å². The second-order valence-corrected chi connectivity index (χ2v) is 8.12. The lowest BCUT2D eigenvalue weighted by Crippen LogP contribution is -2.03. The quantitative estimate of drug-likeness (QED) is 0.240. The molecule has 148 valence electrons. The summed E-state index contributed by atoms with van der Waals surface area (Å²) in [6.45, 7) is 0. The Morgan fingerprint density at radius 1 is 0.567 bits per heavy atom. The summed E-state index contributed by atoms with van der Waals surface area (Å²) in [6.07, 6.45) is 0. The summed E-state index contributed by atoms with van der Waals surface area (Å²) in [5, 5.41) is 0. The summed E-state index contributed by atoms with van der Waals surface area (Å²) < 4.78 is 13.6. The van der Waals surface area contributed by atoms with Crippen LogP contribution in [0.15, 0.2) is 106 Å². The number of carbonyl (C=O) groups is 1. The number of ketones is 1. The second-order valence-electron chi connectivity index (χ2n) is 6.41. The highest BCUT2D eigenvalue weighted by molar-refractivity contribution is 9.10. The molecule has 30 heavy (non-hydrogen) atoms. The molecule has 4 rings (SSSR count). The van der Waals surface area contributed by atoms with Crippen molar-refractivity contribution in [3.8, 4) is 23.0 Å². The van der Waals surface area contributed by atoms with Crippen molar-refractivity contribution in [1.29, 1.82) is 0 Å². The molecule has 5 heteroatoms. The lowest BCUT2D eigenvalue weighted by atomic mass is 10.0. The summed E-state index contributed by atoms with van der Waals surface area (Å²) in [5.74, 6) is 2.39. The van der Waals surface area contributed by atoms with Gasteiger partial charge in [-0.1, -0.05) is 36.4 Å². The normalized spacial score (nSPS) is 10.5. The van der Waals surface area contributed by atoms with Crippen molar-refractivity contribution in [2.24, 2.45) is 0 Å². The zero-order valence-corrected chi connectivity index (χ0v) is 18.9. The largest absolute Gasteiger partial charge is 0.456 e. The minimum Gasteiger partial charge on any atom is -0.456 e. The summed E-state index contributed by atoms with van der Waals surface area (Å²) in [6, 6.07) is 29.4. The molecule has 0 aliphatic carbocycles. The molecule has 0 atom stereocenters. The predicted octanol–water partition coefficient (Wildman–Crippen LogP) is 8.03. The van der Waals surface area contributed by atoms with Gasteiger partial charge in [-0.05, 0) is 92.5 Å². The molecule has 0 unspecified atom stereocenters. The van der Waals surface area contributed by atoms with Crippen LogP contribution in [-0.4, -0.2) is 5.78 Å². The molecule has 4 aromatic carbocycles. The second kappa shape index (κ2) is 9.28. The van der Waals surface area contributed by atoms with Crippen LogP contribution in [0.2, 0.25) is 0 Å². The fraction of sp³-hybridized carbons (Fsp3) is 0. The molecule has 0 aliphatic heterocycles. The van der Waals surface area contributed by atoms with Crippen molar-refractivity contribution < 1.29 is 14.3 Å². The third-order valence-electron chi connectivity index (χ3n) is 4.37. The van der Waals surface area contributed by atoms with E-state index in [1.807, 2.05) is 60.7 Å². The van der Waals surface area contributed by atoms with Gasteiger partial charge in [-0.2, -0.15) is 0 Å². The van der Waals surface area contributed by atoms with Gasteiger partial charge in [0.2, 0.25) is 0 Å². The molecular weight excluding hydrogens is 508 g/mol. The lowest BCUT2D eigenvalue weighted by molar-refractivity contribution is 0.103. The van der Waals surface area contributed by atoms with Gasteiger partial charge in [0.25, 0.3) is 0 Å². The Morgan fingerprint density at radius 2 is 1.07 bits per heavy atom. The SMILES string of the molecule is O=C(c1ccc(Oc2ccccc2Br)cc1)c1ccccc1Oc1ccccc1Br. The monoisotopic (exact) mass is 522 g/mol. The molecule has 3 nitrogen and oxygen atoms in total. The summed E-state index contributed by atoms with van der Waals surface area (Å²) in [5.41, 5.74) is 1.05. The Labute approximate surface area is 191 Å². The maximum atomic E-state index is 13.1. The van der Waals surface area contributed by atoms with Crippen LogP contribution in [0.25, 0.3) is 0 Å². The fourth-order valence-electron chi connectivity index (χ4n) is 2.87. The molecule has 0 saturated heterocycles. The highest BCUT2D eigenvalue weighted by Crippen LogP contribution is 2.33. The molecule has 0 aliphatic rings. The van der Waals surface area contributed by atoms with Gasteiger partial charge in [0.15, 0.2) is 5.78 Å². The molecule has 0 bridgehead atoms. The van der Waals surface area contributed by atoms with Gasteiger partial charge >= 0.3 is 0 Å². The molecule has 4 aromatic rings. The summed E-state index contributed by atoms with van der Waals surface area (Å²) in [4.78, 5) is 13.1. The van der Waals surface area contributed by atoms with E-state index in [1.165, 1.54) is 0 Å². The first-order valence-corrected chi connectivity index (χ1v) is 10.8. The van der Waals surface area contributed by atoms with Gasteiger partial charge in [0.1, 0.15) is 23.0 Å². The van der Waals surface area contributed by atoms with Crippen LogP contribution in [0, 0.1) is 0 Å². The van der Waals surface area contributed by atoms with E-state index in [0.717, 1.165) is 8.95 Å². The Morgan fingerprint density at radius 3 is 1.67 bits per heavy atom. The van der Waals surface area contributed by atoms with Gasteiger partial charge in [-0.25, -0.2) is 0 Å². The standard InChI is InChI=1S/C25H16Br2O3/c26-20-8-2-5-11-23(20)29-18-15-13-17(14-16-18)25(28)19-7-1-4-10-22(19)30-24-12-6-3-9-21(24)27/h1-16H. The highest BCUT2D eigenvalue weighted by atomic mass is 79.9. The van der Waals surface area contributed by atoms with Crippen molar-refractivity contribution in [2.75, 3.05) is 0 Å². The molecule has 0 heterocycles. The number of hydrogen-bond donors (Lipinski definition) is 0. The van der Waals surface area contributed by atoms with Crippen molar-refractivity contribution in [2.45, 2.75) is 0 Å². The van der Waals surface area contributed by atoms with Crippen LogP contribution in [0.5, 0.6) is 23.0 Å². The van der Waals surface area contributed by atoms with Crippen LogP contribution in [-0.2, 0) is 0 Å². The number of hydrogen-bond acceptors (Lipinski definition) is 3. The van der Waals surface area contributed by atoms with Crippen molar-refractivity contribution in [3.05, 3.63) is 117 Å². The zero-order valence-electron chi connectivity index (χ0n) is 15.7.